The Morgan fingerprint density at radius 2 is 1.67 bits per heavy atom. The number of amides is 2. The summed E-state index contributed by atoms with van der Waals surface area (Å²) in [6.07, 6.45) is 6.33. The smallest absolute Gasteiger partial charge is 0.227 e. The van der Waals surface area contributed by atoms with Gasteiger partial charge in [-0.15, -0.1) is 0 Å². The van der Waals surface area contributed by atoms with Gasteiger partial charge in [0.1, 0.15) is 0 Å². The van der Waals surface area contributed by atoms with E-state index >= 15 is 0 Å². The number of nitrogens with zero attached hydrogens (tertiary/aromatic N) is 1. The van der Waals surface area contributed by atoms with Crippen LogP contribution in [-0.4, -0.2) is 16.8 Å². The highest BCUT2D eigenvalue weighted by molar-refractivity contribution is 6.31. The summed E-state index contributed by atoms with van der Waals surface area (Å²) in [5.41, 5.74) is 2.77. The number of carbonyl (C=O) groups is 2. The van der Waals surface area contributed by atoms with Crippen LogP contribution in [0.25, 0.3) is 0 Å². The molecular weight excluding hydrogens is 362 g/mol. The first-order valence-electron chi connectivity index (χ1n) is 9.26. The number of aryl methyl sites for hydroxylation is 1. The van der Waals surface area contributed by atoms with E-state index in [0.717, 1.165) is 42.5 Å². The van der Waals surface area contributed by atoms with Gasteiger partial charge in [0.05, 0.1) is 0 Å². The van der Waals surface area contributed by atoms with Crippen molar-refractivity contribution in [1.29, 1.82) is 0 Å². The van der Waals surface area contributed by atoms with E-state index in [1.807, 2.05) is 31.2 Å². The Kier molecular flexibility index (Phi) is 6.45. The van der Waals surface area contributed by atoms with Crippen molar-refractivity contribution in [2.24, 2.45) is 11.8 Å². The Bertz CT molecular complexity index is 802. The first-order chi connectivity index (χ1) is 13.0. The third kappa shape index (κ3) is 5.30. The lowest BCUT2D eigenvalue weighted by molar-refractivity contribution is -0.128. The summed E-state index contributed by atoms with van der Waals surface area (Å²) in [6.45, 7) is 2.45. The van der Waals surface area contributed by atoms with Crippen molar-refractivity contribution in [1.82, 2.24) is 10.3 Å². The predicted octanol–water partition coefficient (Wildman–Crippen LogP) is 4.10. The SMILES string of the molecule is Cc1ccc(Cl)cc1NC(=O)C1CCC(C(=O)NCc2ccncc2)CC1. The van der Waals surface area contributed by atoms with Gasteiger partial charge in [-0.3, -0.25) is 14.6 Å². The second kappa shape index (κ2) is 9.00. The largest absolute Gasteiger partial charge is 0.352 e. The summed E-state index contributed by atoms with van der Waals surface area (Å²) in [7, 11) is 0. The number of anilines is 1. The van der Waals surface area contributed by atoms with Crippen LogP contribution in [0.15, 0.2) is 42.7 Å². The molecule has 0 spiro atoms. The van der Waals surface area contributed by atoms with Gasteiger partial charge < -0.3 is 10.6 Å². The lowest BCUT2D eigenvalue weighted by Gasteiger charge is -2.27. The first-order valence-corrected chi connectivity index (χ1v) is 9.64. The van der Waals surface area contributed by atoms with Gasteiger partial charge in [0.2, 0.25) is 11.8 Å². The Morgan fingerprint density at radius 1 is 1.04 bits per heavy atom. The maximum Gasteiger partial charge on any atom is 0.227 e. The number of nitrogens with one attached hydrogen (secondary N) is 2. The number of pyridine rings is 1. The Balaban J connectivity index is 1.47. The average molecular weight is 386 g/mol. The minimum Gasteiger partial charge on any atom is -0.352 e. The van der Waals surface area contributed by atoms with Crippen LogP contribution in [-0.2, 0) is 16.1 Å². The quantitative estimate of drug-likeness (QED) is 0.813. The Hall–Kier alpha value is -2.40. The molecule has 0 radical (unpaired) electrons. The van der Waals surface area contributed by atoms with E-state index in [-0.39, 0.29) is 23.7 Å². The minimum absolute atomic E-state index is 0.0102. The molecule has 2 amide bonds. The standard InChI is InChI=1S/C21H24ClN3O2/c1-14-2-7-18(22)12-19(14)25-21(27)17-5-3-16(4-6-17)20(26)24-13-15-8-10-23-11-9-15/h2,7-12,16-17H,3-6,13H2,1H3,(H,24,26)(H,25,27). The summed E-state index contributed by atoms with van der Waals surface area (Å²) >= 11 is 6.01. The predicted molar refractivity (Wildman–Crippen MR) is 106 cm³/mol. The number of halogens is 1. The van der Waals surface area contributed by atoms with Crippen molar-refractivity contribution in [2.45, 2.75) is 39.2 Å². The molecule has 1 aromatic heterocycles. The molecule has 5 nitrogen and oxygen atoms in total. The van der Waals surface area contributed by atoms with Crippen LogP contribution >= 0.6 is 11.6 Å². The number of hydrogen-bond donors (Lipinski definition) is 2. The number of rotatable bonds is 5. The van der Waals surface area contributed by atoms with Crippen LogP contribution in [0.1, 0.15) is 36.8 Å². The van der Waals surface area contributed by atoms with Crippen LogP contribution in [0.5, 0.6) is 0 Å². The van der Waals surface area contributed by atoms with Crippen LogP contribution in [0.2, 0.25) is 5.02 Å². The molecule has 1 saturated carbocycles. The summed E-state index contributed by atoms with van der Waals surface area (Å²) in [6, 6.07) is 9.25. The second-order valence-electron chi connectivity index (χ2n) is 7.07. The number of aromatic nitrogens is 1. The van der Waals surface area contributed by atoms with Crippen molar-refractivity contribution < 1.29 is 9.59 Å². The van der Waals surface area contributed by atoms with Gasteiger partial charge in [0.15, 0.2) is 0 Å². The fourth-order valence-corrected chi connectivity index (χ4v) is 3.59. The molecule has 0 aliphatic heterocycles. The summed E-state index contributed by atoms with van der Waals surface area (Å²) in [4.78, 5) is 28.9. The molecule has 2 aromatic rings. The van der Waals surface area contributed by atoms with Gasteiger partial charge in [-0.05, 0) is 68.0 Å². The molecule has 0 unspecified atom stereocenters. The third-order valence-corrected chi connectivity index (χ3v) is 5.38. The van der Waals surface area contributed by atoms with E-state index in [1.165, 1.54) is 0 Å². The fourth-order valence-electron chi connectivity index (χ4n) is 3.42. The molecule has 0 saturated heterocycles. The zero-order valence-corrected chi connectivity index (χ0v) is 16.1. The lowest BCUT2D eigenvalue weighted by Crippen LogP contribution is -2.35. The van der Waals surface area contributed by atoms with Crippen molar-refractivity contribution in [3.05, 3.63) is 58.9 Å². The molecule has 2 N–H and O–H groups in total. The van der Waals surface area contributed by atoms with E-state index in [9.17, 15) is 9.59 Å². The summed E-state index contributed by atoms with van der Waals surface area (Å²) in [5.74, 6) is -0.0104. The molecule has 1 aliphatic carbocycles. The van der Waals surface area contributed by atoms with Crippen LogP contribution in [0, 0.1) is 18.8 Å². The Labute approximate surface area is 164 Å². The molecule has 1 aromatic carbocycles. The lowest BCUT2D eigenvalue weighted by atomic mass is 9.81. The number of hydrogen-bond acceptors (Lipinski definition) is 3. The minimum atomic E-state index is -0.0624. The number of carbonyl (C=O) groups excluding carboxylic acids is 2. The molecule has 1 aliphatic rings. The molecule has 0 bridgehead atoms. The van der Waals surface area contributed by atoms with E-state index in [1.54, 1.807) is 18.5 Å². The topological polar surface area (TPSA) is 71.1 Å². The molecule has 142 valence electrons. The van der Waals surface area contributed by atoms with Gasteiger partial charge in [-0.1, -0.05) is 17.7 Å². The maximum absolute atomic E-state index is 12.6. The monoisotopic (exact) mass is 385 g/mol. The van der Waals surface area contributed by atoms with Gasteiger partial charge >= 0.3 is 0 Å². The summed E-state index contributed by atoms with van der Waals surface area (Å²) < 4.78 is 0. The van der Waals surface area contributed by atoms with Crippen LogP contribution < -0.4 is 10.6 Å². The molecule has 6 heteroatoms. The highest BCUT2D eigenvalue weighted by Gasteiger charge is 2.30. The van der Waals surface area contributed by atoms with E-state index in [0.29, 0.717) is 11.6 Å². The molecule has 1 fully saturated rings. The van der Waals surface area contributed by atoms with Crippen molar-refractivity contribution in [3.8, 4) is 0 Å². The van der Waals surface area contributed by atoms with Gasteiger partial charge in [-0.2, -0.15) is 0 Å². The zero-order chi connectivity index (χ0) is 19.2. The molecular formula is C21H24ClN3O2. The van der Waals surface area contributed by atoms with Gasteiger partial charge in [0, 0.05) is 41.5 Å². The van der Waals surface area contributed by atoms with Crippen LogP contribution in [0.4, 0.5) is 5.69 Å². The van der Waals surface area contributed by atoms with Gasteiger partial charge in [0.25, 0.3) is 0 Å². The summed E-state index contributed by atoms with van der Waals surface area (Å²) in [5, 5.41) is 6.57. The maximum atomic E-state index is 12.6. The molecule has 3 rings (SSSR count). The van der Waals surface area contributed by atoms with E-state index in [4.69, 9.17) is 11.6 Å². The van der Waals surface area contributed by atoms with Crippen molar-refractivity contribution in [3.63, 3.8) is 0 Å². The number of benzene rings is 1. The normalized spacial score (nSPS) is 19.3. The molecule has 1 heterocycles. The van der Waals surface area contributed by atoms with Crippen LogP contribution in [0.3, 0.4) is 0 Å². The van der Waals surface area contributed by atoms with E-state index in [2.05, 4.69) is 15.6 Å². The van der Waals surface area contributed by atoms with Crippen molar-refractivity contribution in [2.75, 3.05) is 5.32 Å². The fraction of sp³-hybridized carbons (Fsp3) is 0.381. The molecule has 27 heavy (non-hydrogen) atoms. The highest BCUT2D eigenvalue weighted by Crippen LogP contribution is 2.30. The van der Waals surface area contributed by atoms with Gasteiger partial charge in [-0.25, -0.2) is 0 Å². The van der Waals surface area contributed by atoms with Crippen molar-refractivity contribution >= 4 is 29.1 Å². The third-order valence-electron chi connectivity index (χ3n) is 5.14. The first kappa shape index (κ1) is 19.4. The molecule has 0 atom stereocenters. The zero-order valence-electron chi connectivity index (χ0n) is 15.4. The highest BCUT2D eigenvalue weighted by atomic mass is 35.5. The Morgan fingerprint density at radius 3 is 2.33 bits per heavy atom. The second-order valence-corrected chi connectivity index (χ2v) is 7.51. The average Bonchev–Trinajstić information content (AvgIpc) is 2.70. The van der Waals surface area contributed by atoms with E-state index < -0.39 is 0 Å².